The van der Waals surface area contributed by atoms with E-state index in [1.807, 2.05) is 37.3 Å². The highest BCUT2D eigenvalue weighted by atomic mass is 35.5. The molecule has 2 aromatic carbocycles. The summed E-state index contributed by atoms with van der Waals surface area (Å²) in [6, 6.07) is 13.3. The quantitative estimate of drug-likeness (QED) is 0.807. The zero-order valence-electron chi connectivity index (χ0n) is 14.7. The Morgan fingerprint density at radius 1 is 1.12 bits per heavy atom. The lowest BCUT2D eigenvalue weighted by molar-refractivity contribution is -0.118. The van der Waals surface area contributed by atoms with Crippen LogP contribution < -0.4 is 10.1 Å². The van der Waals surface area contributed by atoms with E-state index in [9.17, 15) is 4.79 Å². The SMILES string of the molecule is CCc1cc(OCC(=O)Nc2ccc(C(C)(C)C)cc2)ccc1Cl. The van der Waals surface area contributed by atoms with Crippen molar-refractivity contribution in [2.45, 2.75) is 39.5 Å². The maximum atomic E-state index is 12.0. The molecule has 0 aliphatic carbocycles. The van der Waals surface area contributed by atoms with Crippen molar-refractivity contribution in [2.24, 2.45) is 0 Å². The molecule has 2 rings (SSSR count). The minimum Gasteiger partial charge on any atom is -0.484 e. The molecule has 0 unspecified atom stereocenters. The van der Waals surface area contributed by atoms with Gasteiger partial charge in [-0.05, 0) is 53.3 Å². The first-order valence-electron chi connectivity index (χ1n) is 8.11. The van der Waals surface area contributed by atoms with Crippen LogP contribution in [0.25, 0.3) is 0 Å². The van der Waals surface area contributed by atoms with Crippen LogP contribution in [0.15, 0.2) is 42.5 Å². The lowest BCUT2D eigenvalue weighted by Gasteiger charge is -2.19. The molecule has 0 fully saturated rings. The zero-order chi connectivity index (χ0) is 17.7. The average molecular weight is 346 g/mol. The second kappa shape index (κ2) is 7.71. The van der Waals surface area contributed by atoms with E-state index in [1.165, 1.54) is 5.56 Å². The van der Waals surface area contributed by atoms with Gasteiger partial charge in [0.05, 0.1) is 0 Å². The van der Waals surface area contributed by atoms with Gasteiger partial charge in [-0.15, -0.1) is 0 Å². The Kier molecular flexibility index (Phi) is 5.89. The Bertz CT molecular complexity index is 703. The third-order valence-electron chi connectivity index (χ3n) is 3.80. The van der Waals surface area contributed by atoms with Gasteiger partial charge in [-0.3, -0.25) is 4.79 Å². The van der Waals surface area contributed by atoms with Gasteiger partial charge in [-0.1, -0.05) is 51.4 Å². The lowest BCUT2D eigenvalue weighted by Crippen LogP contribution is -2.20. The number of halogens is 1. The van der Waals surface area contributed by atoms with Gasteiger partial charge >= 0.3 is 0 Å². The maximum Gasteiger partial charge on any atom is 0.262 e. The van der Waals surface area contributed by atoms with Gasteiger partial charge in [0.1, 0.15) is 5.75 Å². The molecule has 1 N–H and O–H groups in total. The number of rotatable bonds is 5. The van der Waals surface area contributed by atoms with E-state index in [4.69, 9.17) is 16.3 Å². The topological polar surface area (TPSA) is 38.3 Å². The van der Waals surface area contributed by atoms with Crippen molar-refractivity contribution in [2.75, 3.05) is 11.9 Å². The molecule has 0 aliphatic rings. The second-order valence-electron chi connectivity index (χ2n) is 6.77. The molecule has 0 bridgehead atoms. The number of amides is 1. The first-order chi connectivity index (χ1) is 11.3. The van der Waals surface area contributed by atoms with Crippen LogP contribution in [0.5, 0.6) is 5.75 Å². The fraction of sp³-hybridized carbons (Fsp3) is 0.350. The van der Waals surface area contributed by atoms with Crippen LogP contribution in [0.1, 0.15) is 38.8 Å². The number of hydrogen-bond acceptors (Lipinski definition) is 2. The number of carbonyl (C=O) groups excluding carboxylic acids is 1. The second-order valence-corrected chi connectivity index (χ2v) is 7.18. The first-order valence-corrected chi connectivity index (χ1v) is 8.49. The maximum absolute atomic E-state index is 12.0. The van der Waals surface area contributed by atoms with Crippen molar-refractivity contribution in [1.29, 1.82) is 0 Å². The van der Waals surface area contributed by atoms with Crippen LogP contribution in [0, 0.1) is 0 Å². The van der Waals surface area contributed by atoms with Crippen molar-refractivity contribution < 1.29 is 9.53 Å². The number of anilines is 1. The molecule has 0 aliphatic heterocycles. The van der Waals surface area contributed by atoms with Gasteiger partial charge < -0.3 is 10.1 Å². The Hall–Kier alpha value is -2.00. The van der Waals surface area contributed by atoms with Crippen LogP contribution >= 0.6 is 11.6 Å². The Balaban J connectivity index is 1.91. The highest BCUT2D eigenvalue weighted by Gasteiger charge is 2.13. The summed E-state index contributed by atoms with van der Waals surface area (Å²) < 4.78 is 5.54. The molecule has 3 nitrogen and oxygen atoms in total. The van der Waals surface area contributed by atoms with Crippen LogP contribution in [0.3, 0.4) is 0 Å². The molecule has 0 spiro atoms. The smallest absolute Gasteiger partial charge is 0.262 e. The minimum atomic E-state index is -0.188. The summed E-state index contributed by atoms with van der Waals surface area (Å²) in [4.78, 5) is 12.0. The Morgan fingerprint density at radius 3 is 2.38 bits per heavy atom. The Morgan fingerprint density at radius 2 is 1.79 bits per heavy atom. The molecule has 0 saturated carbocycles. The van der Waals surface area contributed by atoms with Crippen molar-refractivity contribution >= 4 is 23.2 Å². The van der Waals surface area contributed by atoms with E-state index in [0.717, 1.165) is 17.7 Å². The lowest BCUT2D eigenvalue weighted by atomic mass is 9.87. The summed E-state index contributed by atoms with van der Waals surface area (Å²) in [5.41, 5.74) is 3.09. The molecular formula is C20H24ClNO2. The van der Waals surface area contributed by atoms with Crippen LogP contribution in [0.4, 0.5) is 5.69 Å². The summed E-state index contributed by atoms with van der Waals surface area (Å²) in [6.07, 6.45) is 0.822. The molecule has 2 aromatic rings. The number of aryl methyl sites for hydroxylation is 1. The van der Waals surface area contributed by atoms with Gasteiger partial charge in [0.2, 0.25) is 0 Å². The summed E-state index contributed by atoms with van der Waals surface area (Å²) in [5, 5.41) is 3.56. The number of ether oxygens (including phenoxy) is 1. The van der Waals surface area contributed by atoms with Gasteiger partial charge in [-0.25, -0.2) is 0 Å². The van der Waals surface area contributed by atoms with Gasteiger partial charge in [0, 0.05) is 10.7 Å². The standard InChI is InChI=1S/C20H24ClNO2/c1-5-14-12-17(10-11-18(14)21)24-13-19(23)22-16-8-6-15(7-9-16)20(2,3)4/h6-12H,5,13H2,1-4H3,(H,22,23). The predicted octanol–water partition coefficient (Wildman–Crippen LogP) is 5.22. The Labute approximate surface area is 149 Å². The van der Waals surface area contributed by atoms with Crippen molar-refractivity contribution in [3.8, 4) is 5.75 Å². The molecule has 0 radical (unpaired) electrons. The fourth-order valence-electron chi connectivity index (χ4n) is 2.31. The molecule has 128 valence electrons. The van der Waals surface area contributed by atoms with Crippen LogP contribution in [0.2, 0.25) is 5.02 Å². The van der Waals surface area contributed by atoms with Gasteiger partial charge in [0.25, 0.3) is 5.91 Å². The summed E-state index contributed by atoms with van der Waals surface area (Å²) >= 11 is 6.08. The highest BCUT2D eigenvalue weighted by molar-refractivity contribution is 6.31. The average Bonchev–Trinajstić information content (AvgIpc) is 2.53. The minimum absolute atomic E-state index is 0.0359. The monoisotopic (exact) mass is 345 g/mol. The zero-order valence-corrected chi connectivity index (χ0v) is 15.4. The highest BCUT2D eigenvalue weighted by Crippen LogP contribution is 2.24. The van der Waals surface area contributed by atoms with E-state index in [0.29, 0.717) is 10.8 Å². The summed E-state index contributed by atoms with van der Waals surface area (Å²) in [5.74, 6) is 0.459. The molecule has 4 heteroatoms. The molecule has 1 amide bonds. The molecule has 0 atom stereocenters. The van der Waals surface area contributed by atoms with Crippen molar-refractivity contribution in [1.82, 2.24) is 0 Å². The van der Waals surface area contributed by atoms with E-state index in [1.54, 1.807) is 12.1 Å². The van der Waals surface area contributed by atoms with Gasteiger partial charge in [0.15, 0.2) is 6.61 Å². The predicted molar refractivity (Wildman–Crippen MR) is 100 cm³/mol. The molecule has 0 saturated heterocycles. The number of nitrogens with one attached hydrogen (secondary N) is 1. The molecule has 0 heterocycles. The van der Waals surface area contributed by atoms with Crippen LogP contribution in [-0.4, -0.2) is 12.5 Å². The molecule has 0 aromatic heterocycles. The largest absolute Gasteiger partial charge is 0.484 e. The van der Waals surface area contributed by atoms with E-state index < -0.39 is 0 Å². The summed E-state index contributed by atoms with van der Waals surface area (Å²) in [6.45, 7) is 8.46. The van der Waals surface area contributed by atoms with Crippen molar-refractivity contribution in [3.63, 3.8) is 0 Å². The molecular weight excluding hydrogens is 322 g/mol. The van der Waals surface area contributed by atoms with E-state index in [2.05, 4.69) is 26.1 Å². The van der Waals surface area contributed by atoms with E-state index in [-0.39, 0.29) is 17.9 Å². The van der Waals surface area contributed by atoms with Gasteiger partial charge in [-0.2, -0.15) is 0 Å². The van der Waals surface area contributed by atoms with Crippen molar-refractivity contribution in [3.05, 3.63) is 58.6 Å². The number of hydrogen-bond donors (Lipinski definition) is 1. The summed E-state index contributed by atoms with van der Waals surface area (Å²) in [7, 11) is 0. The number of benzene rings is 2. The van der Waals surface area contributed by atoms with E-state index >= 15 is 0 Å². The third kappa shape index (κ3) is 5.00. The fourth-order valence-corrected chi connectivity index (χ4v) is 2.56. The molecule has 24 heavy (non-hydrogen) atoms. The third-order valence-corrected chi connectivity index (χ3v) is 4.17. The number of carbonyl (C=O) groups is 1. The van der Waals surface area contributed by atoms with Crippen LogP contribution in [-0.2, 0) is 16.6 Å². The first kappa shape index (κ1) is 18.3. The normalized spacial score (nSPS) is 11.2.